The lowest BCUT2D eigenvalue weighted by atomic mass is 10.0. The van der Waals surface area contributed by atoms with Crippen LogP contribution in [-0.4, -0.2) is 65.1 Å². The van der Waals surface area contributed by atoms with Gasteiger partial charge in [-0.1, -0.05) is 12.2 Å². The normalized spacial score (nSPS) is 18.6. The van der Waals surface area contributed by atoms with Crippen molar-refractivity contribution < 1.29 is 9.53 Å². The highest BCUT2D eigenvalue weighted by Gasteiger charge is 2.32. The first kappa shape index (κ1) is 16.3. The first-order valence-corrected chi connectivity index (χ1v) is 7.11. The lowest BCUT2D eigenvalue weighted by Crippen LogP contribution is -2.59. The van der Waals surface area contributed by atoms with Gasteiger partial charge in [-0.3, -0.25) is 14.6 Å². The van der Waals surface area contributed by atoms with Gasteiger partial charge in [0.15, 0.2) is 0 Å². The monoisotopic (exact) mass is 287 g/mol. The van der Waals surface area contributed by atoms with E-state index in [2.05, 4.69) is 9.80 Å². The smallest absolute Gasteiger partial charge is 0.320 e. The lowest BCUT2D eigenvalue weighted by molar-refractivity contribution is -0.149. The molecule has 1 aliphatic rings. The molecule has 2 N–H and O–H groups in total. The number of nitrogens with zero attached hydrogens (tertiary/aromatic N) is 2. The highest BCUT2D eigenvalue weighted by molar-refractivity contribution is 7.80. The van der Waals surface area contributed by atoms with Crippen molar-refractivity contribution in [3.63, 3.8) is 0 Å². The molecular formula is C13H25N3O2S. The summed E-state index contributed by atoms with van der Waals surface area (Å²) in [5.41, 5.74) is 5.51. The molecule has 1 fully saturated rings. The summed E-state index contributed by atoms with van der Waals surface area (Å²) in [7, 11) is 0. The summed E-state index contributed by atoms with van der Waals surface area (Å²) in [5.74, 6) is -0.156. The largest absolute Gasteiger partial charge is 0.462 e. The Labute approximate surface area is 121 Å². The summed E-state index contributed by atoms with van der Waals surface area (Å²) in [4.78, 5) is 16.5. The van der Waals surface area contributed by atoms with Crippen LogP contribution in [0.2, 0.25) is 0 Å². The third-order valence-corrected chi connectivity index (χ3v) is 3.99. The van der Waals surface area contributed by atoms with Crippen LogP contribution in [0, 0.1) is 0 Å². The average Bonchev–Trinajstić information content (AvgIpc) is 2.28. The predicted molar refractivity (Wildman–Crippen MR) is 80.1 cm³/mol. The zero-order chi connectivity index (χ0) is 14.6. The molecule has 1 aliphatic heterocycles. The first-order chi connectivity index (χ1) is 8.73. The standard InChI is InChI=1S/C13H25N3O2S/c1-10(2)18-11(17)9-15-5-7-16(8-6-15)13(3,4)12(14)19/h10H,5-9H2,1-4H3,(H2,14,19). The van der Waals surface area contributed by atoms with Gasteiger partial charge in [-0.2, -0.15) is 0 Å². The number of thiocarbonyl (C=S) groups is 1. The van der Waals surface area contributed by atoms with Crippen LogP contribution in [0.1, 0.15) is 27.7 Å². The van der Waals surface area contributed by atoms with Crippen LogP contribution in [0.15, 0.2) is 0 Å². The van der Waals surface area contributed by atoms with Crippen molar-refractivity contribution in [2.75, 3.05) is 32.7 Å². The summed E-state index contributed by atoms with van der Waals surface area (Å²) in [6, 6.07) is 0. The summed E-state index contributed by atoms with van der Waals surface area (Å²) in [6.07, 6.45) is -0.0534. The van der Waals surface area contributed by atoms with E-state index in [1.54, 1.807) is 0 Å². The van der Waals surface area contributed by atoms with Gasteiger partial charge in [0, 0.05) is 26.2 Å². The van der Waals surface area contributed by atoms with Crippen LogP contribution in [0.25, 0.3) is 0 Å². The Morgan fingerprint density at radius 2 is 1.84 bits per heavy atom. The van der Waals surface area contributed by atoms with Crippen molar-refractivity contribution in [1.29, 1.82) is 0 Å². The topological polar surface area (TPSA) is 58.8 Å². The van der Waals surface area contributed by atoms with Crippen molar-refractivity contribution in [3.8, 4) is 0 Å². The maximum Gasteiger partial charge on any atom is 0.320 e. The van der Waals surface area contributed by atoms with Gasteiger partial charge in [0.25, 0.3) is 0 Å². The predicted octanol–water partition coefficient (Wildman–Crippen LogP) is 0.620. The van der Waals surface area contributed by atoms with Crippen LogP contribution >= 0.6 is 12.2 Å². The van der Waals surface area contributed by atoms with E-state index in [0.717, 1.165) is 26.2 Å². The second-order valence-electron chi connectivity index (χ2n) is 5.73. The molecular weight excluding hydrogens is 262 g/mol. The third kappa shape index (κ3) is 4.71. The molecule has 0 bridgehead atoms. The van der Waals surface area contributed by atoms with E-state index >= 15 is 0 Å². The molecule has 19 heavy (non-hydrogen) atoms. The summed E-state index contributed by atoms with van der Waals surface area (Å²) < 4.78 is 5.15. The van der Waals surface area contributed by atoms with Crippen LogP contribution < -0.4 is 5.73 Å². The maximum absolute atomic E-state index is 11.6. The van der Waals surface area contributed by atoms with Crippen LogP contribution in [0.4, 0.5) is 0 Å². The molecule has 0 unspecified atom stereocenters. The van der Waals surface area contributed by atoms with E-state index < -0.39 is 0 Å². The molecule has 0 aromatic carbocycles. The maximum atomic E-state index is 11.6. The first-order valence-electron chi connectivity index (χ1n) is 6.70. The molecule has 0 aliphatic carbocycles. The Bertz CT molecular complexity index is 337. The molecule has 1 saturated heterocycles. The van der Waals surface area contributed by atoms with Gasteiger partial charge < -0.3 is 10.5 Å². The van der Waals surface area contributed by atoms with Crippen LogP contribution in [0.5, 0.6) is 0 Å². The average molecular weight is 287 g/mol. The molecule has 1 rings (SSSR count). The number of carbonyl (C=O) groups is 1. The molecule has 0 radical (unpaired) electrons. The highest BCUT2D eigenvalue weighted by Crippen LogP contribution is 2.17. The fraction of sp³-hybridized carbons (Fsp3) is 0.846. The number of hydrogen-bond acceptors (Lipinski definition) is 5. The Balaban J connectivity index is 2.41. The number of nitrogens with two attached hydrogens (primary N) is 1. The second kappa shape index (κ2) is 6.63. The van der Waals surface area contributed by atoms with Gasteiger partial charge in [0.1, 0.15) is 0 Å². The fourth-order valence-electron chi connectivity index (χ4n) is 2.10. The number of esters is 1. The number of ether oxygens (including phenoxy) is 1. The molecule has 1 heterocycles. The van der Waals surface area contributed by atoms with Crippen LogP contribution in [-0.2, 0) is 9.53 Å². The molecule has 6 heteroatoms. The second-order valence-corrected chi connectivity index (χ2v) is 6.16. The molecule has 0 aromatic heterocycles. The van der Waals surface area contributed by atoms with Gasteiger partial charge in [-0.15, -0.1) is 0 Å². The van der Waals surface area contributed by atoms with Crippen molar-refractivity contribution >= 4 is 23.2 Å². The van der Waals surface area contributed by atoms with Crippen molar-refractivity contribution in [3.05, 3.63) is 0 Å². The van der Waals surface area contributed by atoms with Crippen molar-refractivity contribution in [1.82, 2.24) is 9.80 Å². The van der Waals surface area contributed by atoms with E-state index in [-0.39, 0.29) is 17.6 Å². The molecule has 0 spiro atoms. The Morgan fingerprint density at radius 3 is 2.26 bits per heavy atom. The van der Waals surface area contributed by atoms with Gasteiger partial charge in [0.2, 0.25) is 0 Å². The summed E-state index contributed by atoms with van der Waals surface area (Å²) in [6.45, 7) is 11.5. The lowest BCUT2D eigenvalue weighted by Gasteiger charge is -2.43. The molecule has 0 amide bonds. The molecule has 110 valence electrons. The molecule has 0 aromatic rings. The molecule has 0 atom stereocenters. The van der Waals surface area contributed by atoms with E-state index in [1.165, 1.54) is 0 Å². The van der Waals surface area contributed by atoms with E-state index in [1.807, 2.05) is 27.7 Å². The summed E-state index contributed by atoms with van der Waals surface area (Å²) in [5, 5.41) is 0. The third-order valence-electron chi connectivity index (χ3n) is 3.49. The highest BCUT2D eigenvalue weighted by atomic mass is 32.1. The van der Waals surface area contributed by atoms with Crippen molar-refractivity contribution in [2.24, 2.45) is 5.73 Å². The van der Waals surface area contributed by atoms with Gasteiger partial charge in [-0.05, 0) is 27.7 Å². The van der Waals surface area contributed by atoms with Crippen molar-refractivity contribution in [2.45, 2.75) is 39.3 Å². The number of carbonyl (C=O) groups excluding carboxylic acids is 1. The van der Waals surface area contributed by atoms with E-state index in [0.29, 0.717) is 11.5 Å². The Hall–Kier alpha value is -0.720. The Morgan fingerprint density at radius 1 is 1.32 bits per heavy atom. The quantitative estimate of drug-likeness (QED) is 0.591. The minimum Gasteiger partial charge on any atom is -0.462 e. The van der Waals surface area contributed by atoms with Gasteiger partial charge in [-0.25, -0.2) is 0 Å². The van der Waals surface area contributed by atoms with E-state index in [4.69, 9.17) is 22.7 Å². The number of hydrogen-bond donors (Lipinski definition) is 1. The minimum atomic E-state index is -0.264. The fourth-order valence-corrected chi connectivity index (χ4v) is 2.23. The zero-order valence-corrected chi connectivity index (χ0v) is 13.1. The van der Waals surface area contributed by atoms with Gasteiger partial charge >= 0.3 is 5.97 Å². The number of rotatable bonds is 5. The van der Waals surface area contributed by atoms with E-state index in [9.17, 15) is 4.79 Å². The molecule has 5 nitrogen and oxygen atoms in total. The molecule has 0 saturated carbocycles. The number of piperazine rings is 1. The minimum absolute atomic E-state index is 0.0534. The van der Waals surface area contributed by atoms with Gasteiger partial charge in [0.05, 0.1) is 23.2 Å². The zero-order valence-electron chi connectivity index (χ0n) is 12.3. The SMILES string of the molecule is CC(C)OC(=O)CN1CCN(C(C)(C)C(N)=S)CC1. The Kier molecular flexibility index (Phi) is 5.70. The summed E-state index contributed by atoms with van der Waals surface area (Å²) >= 11 is 5.11. The van der Waals surface area contributed by atoms with Crippen LogP contribution in [0.3, 0.4) is 0 Å².